The van der Waals surface area contributed by atoms with Crippen molar-refractivity contribution in [1.29, 1.82) is 0 Å². The van der Waals surface area contributed by atoms with Crippen molar-refractivity contribution >= 4 is 11.8 Å². The summed E-state index contributed by atoms with van der Waals surface area (Å²) in [6, 6.07) is 17.5. The van der Waals surface area contributed by atoms with Gasteiger partial charge in [0.25, 0.3) is 5.91 Å². The lowest BCUT2D eigenvalue weighted by molar-refractivity contribution is -0.132. The molecule has 2 aromatic carbocycles. The van der Waals surface area contributed by atoms with Crippen LogP contribution in [0.25, 0.3) is 0 Å². The van der Waals surface area contributed by atoms with Crippen LogP contribution >= 0.6 is 0 Å². The van der Waals surface area contributed by atoms with E-state index < -0.39 is 0 Å². The zero-order valence-electron chi connectivity index (χ0n) is 14.4. The normalized spacial score (nSPS) is 13.2. The lowest BCUT2D eigenvalue weighted by atomic mass is 9.99. The summed E-state index contributed by atoms with van der Waals surface area (Å²) in [5.74, 6) is 0.156. The minimum absolute atomic E-state index is 0.0560. The quantitative estimate of drug-likeness (QED) is 0.824. The summed E-state index contributed by atoms with van der Waals surface area (Å²) in [6.45, 7) is 2.13. The number of nitrogens with one attached hydrogen (secondary N) is 1. The average molecular weight is 336 g/mol. The fourth-order valence-corrected chi connectivity index (χ4v) is 3.16. The Kier molecular flexibility index (Phi) is 5.83. The van der Waals surface area contributed by atoms with E-state index in [1.54, 1.807) is 12.1 Å². The Morgan fingerprint density at radius 2 is 1.64 bits per heavy atom. The van der Waals surface area contributed by atoms with Crippen LogP contribution in [0, 0.1) is 0 Å². The Morgan fingerprint density at radius 1 is 0.920 bits per heavy atom. The Labute approximate surface area is 148 Å². The van der Waals surface area contributed by atoms with Gasteiger partial charge in [0.1, 0.15) is 0 Å². The van der Waals surface area contributed by atoms with Crippen LogP contribution in [0.2, 0.25) is 0 Å². The molecule has 1 aliphatic rings. The summed E-state index contributed by atoms with van der Waals surface area (Å²) < 4.78 is 0. The molecule has 0 unspecified atom stereocenters. The standard InChI is InChI=1S/C21H24N2O2/c24-20(23-15-13-17-8-4-5-11-19(17)16-23)12-6-7-14-22-21(25)18-9-2-1-3-10-18/h1-5,8-11H,6-7,12-16H2,(H,22,25). The van der Waals surface area contributed by atoms with Gasteiger partial charge in [0, 0.05) is 31.6 Å². The van der Waals surface area contributed by atoms with Crippen molar-refractivity contribution in [3.63, 3.8) is 0 Å². The first-order valence-electron chi connectivity index (χ1n) is 8.92. The summed E-state index contributed by atoms with van der Waals surface area (Å²) in [4.78, 5) is 26.2. The molecule has 0 fully saturated rings. The molecule has 4 nitrogen and oxygen atoms in total. The Morgan fingerprint density at radius 3 is 2.44 bits per heavy atom. The van der Waals surface area contributed by atoms with E-state index in [1.807, 2.05) is 29.2 Å². The second-order valence-corrected chi connectivity index (χ2v) is 6.41. The van der Waals surface area contributed by atoms with Crippen molar-refractivity contribution in [1.82, 2.24) is 10.2 Å². The van der Waals surface area contributed by atoms with Crippen molar-refractivity contribution in [3.05, 3.63) is 71.3 Å². The smallest absolute Gasteiger partial charge is 0.251 e. The third kappa shape index (κ3) is 4.69. The molecule has 1 heterocycles. The number of carbonyl (C=O) groups excluding carboxylic acids is 2. The molecule has 0 saturated carbocycles. The van der Waals surface area contributed by atoms with Gasteiger partial charge in [-0.2, -0.15) is 0 Å². The monoisotopic (exact) mass is 336 g/mol. The highest BCUT2D eigenvalue weighted by Crippen LogP contribution is 2.19. The summed E-state index contributed by atoms with van der Waals surface area (Å²) >= 11 is 0. The van der Waals surface area contributed by atoms with Crippen LogP contribution < -0.4 is 5.32 Å². The molecule has 2 aromatic rings. The van der Waals surface area contributed by atoms with Crippen molar-refractivity contribution < 1.29 is 9.59 Å². The molecule has 1 N–H and O–H groups in total. The lowest BCUT2D eigenvalue weighted by Gasteiger charge is -2.29. The highest BCUT2D eigenvalue weighted by atomic mass is 16.2. The maximum atomic E-state index is 12.4. The van der Waals surface area contributed by atoms with Gasteiger partial charge in [-0.05, 0) is 42.5 Å². The highest BCUT2D eigenvalue weighted by Gasteiger charge is 2.19. The summed E-state index contributed by atoms with van der Waals surface area (Å²) in [7, 11) is 0. The Hall–Kier alpha value is -2.62. The molecule has 0 saturated heterocycles. The molecule has 130 valence electrons. The predicted octanol–water partition coefficient (Wildman–Crippen LogP) is 3.17. The highest BCUT2D eigenvalue weighted by molar-refractivity contribution is 5.94. The van der Waals surface area contributed by atoms with E-state index >= 15 is 0 Å². The number of benzene rings is 2. The molecule has 25 heavy (non-hydrogen) atoms. The molecular weight excluding hydrogens is 312 g/mol. The van der Waals surface area contributed by atoms with Crippen LogP contribution in [0.3, 0.4) is 0 Å². The van der Waals surface area contributed by atoms with Gasteiger partial charge >= 0.3 is 0 Å². The fourth-order valence-electron chi connectivity index (χ4n) is 3.16. The van der Waals surface area contributed by atoms with Crippen LogP contribution in [0.1, 0.15) is 40.7 Å². The van der Waals surface area contributed by atoms with Gasteiger partial charge in [0.05, 0.1) is 0 Å². The van der Waals surface area contributed by atoms with E-state index in [9.17, 15) is 9.59 Å². The van der Waals surface area contributed by atoms with E-state index in [2.05, 4.69) is 23.5 Å². The zero-order valence-corrected chi connectivity index (χ0v) is 14.4. The number of amides is 2. The number of hydrogen-bond donors (Lipinski definition) is 1. The van der Waals surface area contributed by atoms with Crippen LogP contribution in [-0.2, 0) is 17.8 Å². The number of rotatable bonds is 6. The number of carbonyl (C=O) groups is 2. The number of fused-ring (bicyclic) bond motifs is 1. The van der Waals surface area contributed by atoms with E-state index in [-0.39, 0.29) is 11.8 Å². The number of hydrogen-bond acceptors (Lipinski definition) is 2. The minimum atomic E-state index is -0.0560. The van der Waals surface area contributed by atoms with Gasteiger partial charge in [0.15, 0.2) is 0 Å². The third-order valence-corrected chi connectivity index (χ3v) is 4.62. The van der Waals surface area contributed by atoms with Crippen LogP contribution in [-0.4, -0.2) is 29.8 Å². The third-order valence-electron chi connectivity index (χ3n) is 4.62. The molecule has 1 aliphatic heterocycles. The van der Waals surface area contributed by atoms with Crippen LogP contribution in [0.5, 0.6) is 0 Å². The molecule has 2 amide bonds. The molecule has 0 spiro atoms. The van der Waals surface area contributed by atoms with Crippen LogP contribution in [0.4, 0.5) is 0 Å². The van der Waals surface area contributed by atoms with Crippen molar-refractivity contribution in [2.24, 2.45) is 0 Å². The number of nitrogens with zero attached hydrogens (tertiary/aromatic N) is 1. The van der Waals surface area contributed by atoms with Gasteiger partial charge in [0.2, 0.25) is 5.91 Å². The van der Waals surface area contributed by atoms with E-state index in [0.717, 1.165) is 32.4 Å². The second-order valence-electron chi connectivity index (χ2n) is 6.41. The molecular formula is C21H24N2O2. The average Bonchev–Trinajstić information content (AvgIpc) is 2.67. The van der Waals surface area contributed by atoms with Crippen molar-refractivity contribution in [2.75, 3.05) is 13.1 Å². The van der Waals surface area contributed by atoms with E-state index in [1.165, 1.54) is 11.1 Å². The van der Waals surface area contributed by atoms with Crippen molar-refractivity contribution in [2.45, 2.75) is 32.2 Å². The van der Waals surface area contributed by atoms with Gasteiger partial charge in [-0.15, -0.1) is 0 Å². The first kappa shape index (κ1) is 17.2. The largest absolute Gasteiger partial charge is 0.352 e. The molecule has 0 aliphatic carbocycles. The lowest BCUT2D eigenvalue weighted by Crippen LogP contribution is -2.35. The Balaban J connectivity index is 1.35. The predicted molar refractivity (Wildman–Crippen MR) is 98.2 cm³/mol. The molecule has 0 radical (unpaired) electrons. The topological polar surface area (TPSA) is 49.4 Å². The van der Waals surface area contributed by atoms with Gasteiger partial charge < -0.3 is 10.2 Å². The summed E-state index contributed by atoms with van der Waals surface area (Å²) in [5, 5.41) is 2.90. The minimum Gasteiger partial charge on any atom is -0.352 e. The summed E-state index contributed by atoms with van der Waals surface area (Å²) in [6.07, 6.45) is 3.10. The molecule has 0 bridgehead atoms. The van der Waals surface area contributed by atoms with Crippen LogP contribution in [0.15, 0.2) is 54.6 Å². The van der Waals surface area contributed by atoms with Gasteiger partial charge in [-0.25, -0.2) is 0 Å². The first-order chi connectivity index (χ1) is 12.2. The van der Waals surface area contributed by atoms with Gasteiger partial charge in [-0.1, -0.05) is 42.5 Å². The second kappa shape index (κ2) is 8.47. The van der Waals surface area contributed by atoms with E-state index in [4.69, 9.17) is 0 Å². The maximum absolute atomic E-state index is 12.4. The summed E-state index contributed by atoms with van der Waals surface area (Å²) in [5.41, 5.74) is 3.29. The molecule has 0 aromatic heterocycles. The zero-order chi connectivity index (χ0) is 17.5. The maximum Gasteiger partial charge on any atom is 0.251 e. The SMILES string of the molecule is O=C(NCCCCC(=O)N1CCc2ccccc2C1)c1ccccc1. The molecule has 4 heteroatoms. The van der Waals surface area contributed by atoms with Crippen molar-refractivity contribution in [3.8, 4) is 0 Å². The fraction of sp³-hybridized carbons (Fsp3) is 0.333. The number of unbranched alkanes of at least 4 members (excludes halogenated alkanes) is 1. The molecule has 3 rings (SSSR count). The van der Waals surface area contributed by atoms with Gasteiger partial charge in [-0.3, -0.25) is 9.59 Å². The molecule has 0 atom stereocenters. The Bertz CT molecular complexity index is 728. The first-order valence-corrected chi connectivity index (χ1v) is 8.92. The van der Waals surface area contributed by atoms with E-state index in [0.29, 0.717) is 18.5 Å².